The maximum Gasteiger partial charge on any atom is 0.319 e. The van der Waals surface area contributed by atoms with Crippen LogP contribution in [0.15, 0.2) is 47.4 Å². The quantitative estimate of drug-likeness (QED) is 0.568. The van der Waals surface area contributed by atoms with Crippen molar-refractivity contribution in [1.82, 2.24) is 9.62 Å². The lowest BCUT2D eigenvalue weighted by molar-refractivity contribution is 0.252. The minimum absolute atomic E-state index is 0.155. The van der Waals surface area contributed by atoms with Gasteiger partial charge in [-0.05, 0) is 62.2 Å². The normalized spacial score (nSPS) is 12.5. The summed E-state index contributed by atoms with van der Waals surface area (Å²) in [5.41, 5.74) is 2.25. The second kappa shape index (κ2) is 10.8. The molecule has 170 valence electrons. The number of hydrogen-bond donors (Lipinski definition) is 2. The van der Waals surface area contributed by atoms with Crippen molar-refractivity contribution in [2.45, 2.75) is 44.7 Å². The van der Waals surface area contributed by atoms with E-state index in [9.17, 15) is 13.2 Å². The van der Waals surface area contributed by atoms with Gasteiger partial charge in [-0.2, -0.15) is 4.31 Å². The number of nitrogens with zero attached hydrogens (tertiary/aromatic N) is 2. The molecule has 31 heavy (non-hydrogen) atoms. The van der Waals surface area contributed by atoms with E-state index in [4.69, 9.17) is 11.6 Å². The monoisotopic (exact) mass is 466 g/mol. The second-order valence-electron chi connectivity index (χ2n) is 7.49. The minimum atomic E-state index is -3.79. The summed E-state index contributed by atoms with van der Waals surface area (Å²) >= 11 is 6.06. The van der Waals surface area contributed by atoms with Crippen molar-refractivity contribution in [3.8, 4) is 0 Å². The van der Waals surface area contributed by atoms with Crippen molar-refractivity contribution >= 4 is 39.0 Å². The Balaban J connectivity index is 2.49. The van der Waals surface area contributed by atoms with E-state index in [2.05, 4.69) is 10.6 Å². The molecule has 1 atom stereocenters. The Hall–Kier alpha value is -2.29. The molecule has 0 saturated carbocycles. The first-order valence-electron chi connectivity index (χ1n) is 10.2. The highest BCUT2D eigenvalue weighted by Crippen LogP contribution is 2.29. The van der Waals surface area contributed by atoms with E-state index in [1.165, 1.54) is 10.4 Å². The first kappa shape index (κ1) is 25.0. The number of sulfonamides is 1. The van der Waals surface area contributed by atoms with Gasteiger partial charge >= 0.3 is 6.03 Å². The number of nitrogens with one attached hydrogen (secondary N) is 2. The molecule has 1 unspecified atom stereocenters. The molecule has 0 heterocycles. The molecule has 0 aliphatic heterocycles. The summed E-state index contributed by atoms with van der Waals surface area (Å²) in [6, 6.07) is 11.2. The van der Waals surface area contributed by atoms with E-state index in [-0.39, 0.29) is 23.5 Å². The van der Waals surface area contributed by atoms with Crippen LogP contribution in [-0.2, 0) is 16.6 Å². The standard InChI is InChI=1S/C22H31ClN4O3S/c1-6-16(3)27(31(29,30)20-10-8-9-18(23)14-20)15-17-13-19(25-22(28)24-7-2)11-12-21(17)26(4)5/h8-14,16H,6-7,15H2,1-5H3,(H2,24,25,28). The molecule has 9 heteroatoms. The number of rotatable bonds is 9. The van der Waals surface area contributed by atoms with Crippen molar-refractivity contribution in [2.75, 3.05) is 30.9 Å². The molecular formula is C22H31ClN4O3S. The van der Waals surface area contributed by atoms with Crippen LogP contribution in [0.2, 0.25) is 5.02 Å². The third-order valence-electron chi connectivity index (χ3n) is 4.97. The van der Waals surface area contributed by atoms with Crippen LogP contribution in [0.3, 0.4) is 0 Å². The van der Waals surface area contributed by atoms with Crippen LogP contribution >= 0.6 is 11.6 Å². The van der Waals surface area contributed by atoms with Crippen LogP contribution < -0.4 is 15.5 Å². The Labute approximate surface area is 190 Å². The molecule has 0 saturated heterocycles. The molecule has 0 aliphatic rings. The average molecular weight is 467 g/mol. The van der Waals surface area contributed by atoms with Crippen molar-refractivity contribution in [3.63, 3.8) is 0 Å². The Kier molecular flexibility index (Phi) is 8.73. The lowest BCUT2D eigenvalue weighted by Gasteiger charge is -2.30. The highest BCUT2D eigenvalue weighted by Gasteiger charge is 2.29. The van der Waals surface area contributed by atoms with Gasteiger partial charge in [-0.3, -0.25) is 0 Å². The van der Waals surface area contributed by atoms with Gasteiger partial charge < -0.3 is 15.5 Å². The van der Waals surface area contributed by atoms with Crippen LogP contribution in [0.25, 0.3) is 0 Å². The number of carbonyl (C=O) groups is 1. The number of carbonyl (C=O) groups excluding carboxylic acids is 1. The highest BCUT2D eigenvalue weighted by atomic mass is 35.5. The van der Waals surface area contributed by atoms with Gasteiger partial charge in [-0.25, -0.2) is 13.2 Å². The summed E-state index contributed by atoms with van der Waals surface area (Å²) in [5.74, 6) is 0. The zero-order valence-electron chi connectivity index (χ0n) is 18.6. The Morgan fingerprint density at radius 1 is 1.13 bits per heavy atom. The smallest absolute Gasteiger partial charge is 0.319 e. The third-order valence-corrected chi connectivity index (χ3v) is 7.16. The van der Waals surface area contributed by atoms with Crippen LogP contribution in [0.4, 0.5) is 16.2 Å². The Bertz CT molecular complexity index is 1010. The van der Waals surface area contributed by atoms with Gasteiger partial charge in [0.05, 0.1) is 4.90 Å². The summed E-state index contributed by atoms with van der Waals surface area (Å²) in [4.78, 5) is 14.0. The Morgan fingerprint density at radius 3 is 2.42 bits per heavy atom. The summed E-state index contributed by atoms with van der Waals surface area (Å²) in [5, 5.41) is 5.85. The largest absolute Gasteiger partial charge is 0.377 e. The fourth-order valence-corrected chi connectivity index (χ4v) is 5.16. The van der Waals surface area contributed by atoms with Crippen LogP contribution in [0, 0.1) is 0 Å². The molecule has 2 amide bonds. The van der Waals surface area contributed by atoms with Crippen LogP contribution in [0.5, 0.6) is 0 Å². The van der Waals surface area contributed by atoms with Crippen molar-refractivity contribution in [3.05, 3.63) is 53.1 Å². The predicted octanol–water partition coefficient (Wildman–Crippen LogP) is 4.54. The van der Waals surface area contributed by atoms with E-state index in [0.717, 1.165) is 11.3 Å². The number of anilines is 2. The molecule has 2 aromatic rings. The maximum absolute atomic E-state index is 13.5. The molecule has 2 rings (SSSR count). The second-order valence-corrected chi connectivity index (χ2v) is 9.81. The third kappa shape index (κ3) is 6.35. The molecule has 7 nitrogen and oxygen atoms in total. The number of urea groups is 1. The van der Waals surface area contributed by atoms with Crippen molar-refractivity contribution < 1.29 is 13.2 Å². The molecule has 0 aliphatic carbocycles. The first-order chi connectivity index (χ1) is 14.6. The topological polar surface area (TPSA) is 81.8 Å². The molecular weight excluding hydrogens is 436 g/mol. The van der Waals surface area contributed by atoms with E-state index in [1.54, 1.807) is 24.3 Å². The molecule has 0 aromatic heterocycles. The van der Waals surface area contributed by atoms with E-state index in [1.807, 2.05) is 51.9 Å². The molecule has 0 fully saturated rings. The molecule has 2 N–H and O–H groups in total. The van der Waals surface area contributed by atoms with E-state index >= 15 is 0 Å². The fourth-order valence-electron chi connectivity index (χ4n) is 3.17. The zero-order valence-corrected chi connectivity index (χ0v) is 20.2. The zero-order chi connectivity index (χ0) is 23.2. The SMILES string of the molecule is CCNC(=O)Nc1ccc(N(C)C)c(CN(C(C)CC)S(=O)(=O)c2cccc(Cl)c2)c1. The Morgan fingerprint density at radius 2 is 1.84 bits per heavy atom. The lowest BCUT2D eigenvalue weighted by atomic mass is 10.1. The van der Waals surface area contributed by atoms with Gasteiger partial charge in [-0.1, -0.05) is 24.6 Å². The number of benzene rings is 2. The van der Waals surface area contributed by atoms with Gasteiger partial charge in [0.15, 0.2) is 0 Å². The van der Waals surface area contributed by atoms with Gasteiger partial charge in [0.1, 0.15) is 0 Å². The molecule has 0 bridgehead atoms. The summed E-state index contributed by atoms with van der Waals surface area (Å²) < 4.78 is 28.5. The van der Waals surface area contributed by atoms with Gasteiger partial charge in [-0.15, -0.1) is 0 Å². The number of halogens is 1. The highest BCUT2D eigenvalue weighted by molar-refractivity contribution is 7.89. The predicted molar refractivity (Wildman–Crippen MR) is 127 cm³/mol. The lowest BCUT2D eigenvalue weighted by Crippen LogP contribution is -2.38. The molecule has 2 aromatic carbocycles. The number of hydrogen-bond acceptors (Lipinski definition) is 4. The minimum Gasteiger partial charge on any atom is -0.377 e. The van der Waals surface area contributed by atoms with E-state index < -0.39 is 10.0 Å². The average Bonchev–Trinajstić information content (AvgIpc) is 2.71. The number of amides is 2. The summed E-state index contributed by atoms with van der Waals surface area (Å²) in [6.45, 7) is 6.33. The maximum atomic E-state index is 13.5. The van der Waals surface area contributed by atoms with Gasteiger partial charge in [0.25, 0.3) is 0 Å². The summed E-state index contributed by atoms with van der Waals surface area (Å²) in [7, 11) is 0.00581. The summed E-state index contributed by atoms with van der Waals surface area (Å²) in [6.07, 6.45) is 0.647. The first-order valence-corrected chi connectivity index (χ1v) is 12.0. The van der Waals surface area contributed by atoms with Crippen LogP contribution in [0.1, 0.15) is 32.8 Å². The van der Waals surface area contributed by atoms with Crippen LogP contribution in [-0.4, -0.2) is 45.4 Å². The van der Waals surface area contributed by atoms with E-state index in [0.29, 0.717) is 23.7 Å². The van der Waals surface area contributed by atoms with Gasteiger partial charge in [0, 0.05) is 49.6 Å². The van der Waals surface area contributed by atoms with Gasteiger partial charge in [0.2, 0.25) is 10.0 Å². The van der Waals surface area contributed by atoms with Crippen molar-refractivity contribution in [2.24, 2.45) is 0 Å². The molecule has 0 spiro atoms. The molecule has 0 radical (unpaired) electrons. The fraction of sp³-hybridized carbons (Fsp3) is 0.409. The van der Waals surface area contributed by atoms with Crippen molar-refractivity contribution in [1.29, 1.82) is 0 Å².